The minimum Gasteiger partial charge on any atom is -0.497 e. The van der Waals surface area contributed by atoms with Crippen molar-refractivity contribution in [2.75, 3.05) is 26.5 Å². The minimum absolute atomic E-state index is 0.0578. The van der Waals surface area contributed by atoms with Gasteiger partial charge in [0.15, 0.2) is 0 Å². The van der Waals surface area contributed by atoms with E-state index in [0.29, 0.717) is 34.7 Å². The van der Waals surface area contributed by atoms with Crippen molar-refractivity contribution in [3.8, 4) is 23.0 Å². The van der Waals surface area contributed by atoms with Crippen molar-refractivity contribution < 1.29 is 18.7 Å². The molecule has 0 spiro atoms. The maximum Gasteiger partial charge on any atom is 0.277 e. The van der Waals surface area contributed by atoms with E-state index in [-0.39, 0.29) is 11.7 Å². The van der Waals surface area contributed by atoms with Gasteiger partial charge in [-0.25, -0.2) is 0 Å². The molecule has 1 aliphatic carbocycles. The van der Waals surface area contributed by atoms with E-state index in [4.69, 9.17) is 13.9 Å². The highest BCUT2D eigenvalue weighted by Crippen LogP contribution is 2.33. The smallest absolute Gasteiger partial charge is 0.277 e. The van der Waals surface area contributed by atoms with Crippen molar-refractivity contribution in [2.24, 2.45) is 0 Å². The van der Waals surface area contributed by atoms with Gasteiger partial charge >= 0.3 is 0 Å². The molecule has 0 saturated carbocycles. The Morgan fingerprint density at radius 3 is 2.79 bits per heavy atom. The highest BCUT2D eigenvalue weighted by atomic mass is 32.2. The first-order chi connectivity index (χ1) is 13.7. The van der Waals surface area contributed by atoms with E-state index in [1.54, 1.807) is 32.4 Å². The van der Waals surface area contributed by atoms with Gasteiger partial charge in [0.2, 0.25) is 5.91 Å². The van der Waals surface area contributed by atoms with E-state index in [0.717, 1.165) is 25.0 Å². The van der Waals surface area contributed by atoms with Crippen LogP contribution >= 0.6 is 11.8 Å². The number of rotatable bonds is 8. The molecule has 150 valence electrons. The zero-order valence-electron chi connectivity index (χ0n) is 16.4. The Bertz CT molecular complexity index is 850. The Hall–Kier alpha value is -2.48. The lowest BCUT2D eigenvalue weighted by Gasteiger charge is -2.26. The summed E-state index contributed by atoms with van der Waals surface area (Å²) in [5.41, 5.74) is 1.81. The molecule has 0 atom stereocenters. The van der Waals surface area contributed by atoms with Crippen molar-refractivity contribution in [2.45, 2.75) is 37.8 Å². The topological polar surface area (TPSA) is 77.7 Å². The van der Waals surface area contributed by atoms with E-state index in [9.17, 15) is 4.79 Å². The summed E-state index contributed by atoms with van der Waals surface area (Å²) in [4.78, 5) is 14.5. The second kappa shape index (κ2) is 9.64. The molecule has 28 heavy (non-hydrogen) atoms. The van der Waals surface area contributed by atoms with E-state index >= 15 is 0 Å². The van der Waals surface area contributed by atoms with Gasteiger partial charge in [-0.05, 0) is 44.7 Å². The van der Waals surface area contributed by atoms with Crippen molar-refractivity contribution in [1.82, 2.24) is 15.1 Å². The van der Waals surface area contributed by atoms with Gasteiger partial charge in [-0.15, -0.1) is 10.2 Å². The maximum atomic E-state index is 12.6. The van der Waals surface area contributed by atoms with Crippen molar-refractivity contribution in [3.05, 3.63) is 30.0 Å². The lowest BCUT2D eigenvalue weighted by Crippen LogP contribution is -2.32. The second-order valence-electron chi connectivity index (χ2n) is 6.31. The molecular weight excluding hydrogens is 378 g/mol. The van der Waals surface area contributed by atoms with Crippen LogP contribution in [0.2, 0.25) is 0 Å². The number of amides is 1. The van der Waals surface area contributed by atoms with E-state index in [2.05, 4.69) is 16.3 Å². The summed E-state index contributed by atoms with van der Waals surface area (Å²) in [6.07, 6.45) is 6.52. The summed E-state index contributed by atoms with van der Waals surface area (Å²) < 4.78 is 16.3. The summed E-state index contributed by atoms with van der Waals surface area (Å²) in [7, 11) is 3.16. The van der Waals surface area contributed by atoms with Crippen LogP contribution in [-0.4, -0.2) is 47.5 Å². The Labute approximate surface area is 169 Å². The van der Waals surface area contributed by atoms with Crippen LogP contribution in [-0.2, 0) is 4.79 Å². The number of aromatic nitrogens is 2. The standard InChI is InChI=1S/C20H25N3O4S/c1-4-23(14-8-6-5-7-9-14)18(24)13-28-20-22-21-19(27-20)16-11-10-15(25-2)12-17(16)26-3/h8,10-12H,4-7,9,13H2,1-3H3. The highest BCUT2D eigenvalue weighted by Gasteiger charge is 2.20. The molecule has 1 aliphatic rings. The number of methoxy groups -OCH3 is 2. The molecule has 0 saturated heterocycles. The van der Waals surface area contributed by atoms with Crippen LogP contribution < -0.4 is 9.47 Å². The van der Waals surface area contributed by atoms with Crippen LogP contribution in [0, 0.1) is 0 Å². The molecule has 0 radical (unpaired) electrons. The number of allylic oxidation sites excluding steroid dienone is 2. The molecule has 1 heterocycles. The second-order valence-corrected chi connectivity index (χ2v) is 7.23. The Balaban J connectivity index is 1.66. The Morgan fingerprint density at radius 1 is 1.25 bits per heavy atom. The number of hydrogen-bond donors (Lipinski definition) is 0. The van der Waals surface area contributed by atoms with Crippen molar-refractivity contribution >= 4 is 17.7 Å². The van der Waals surface area contributed by atoms with Crippen molar-refractivity contribution in [3.63, 3.8) is 0 Å². The van der Waals surface area contributed by atoms with E-state index in [1.165, 1.54) is 18.2 Å². The number of nitrogens with zero attached hydrogens (tertiary/aromatic N) is 3. The Kier molecular flexibility index (Phi) is 6.97. The van der Waals surface area contributed by atoms with Gasteiger partial charge in [0.05, 0.1) is 25.5 Å². The van der Waals surface area contributed by atoms with Gasteiger partial charge in [0, 0.05) is 18.3 Å². The van der Waals surface area contributed by atoms with E-state index < -0.39 is 0 Å². The first kappa shape index (κ1) is 20.3. The van der Waals surface area contributed by atoms with Gasteiger partial charge < -0.3 is 18.8 Å². The molecule has 8 heteroatoms. The molecule has 0 N–H and O–H groups in total. The average Bonchev–Trinajstić information content (AvgIpc) is 3.22. The molecule has 2 aromatic rings. The summed E-state index contributed by atoms with van der Waals surface area (Å²) in [5, 5.41) is 8.50. The quantitative estimate of drug-likeness (QED) is 0.613. The molecule has 7 nitrogen and oxygen atoms in total. The average molecular weight is 404 g/mol. The highest BCUT2D eigenvalue weighted by molar-refractivity contribution is 7.99. The van der Waals surface area contributed by atoms with Crippen LogP contribution in [0.25, 0.3) is 11.5 Å². The van der Waals surface area contributed by atoms with Gasteiger partial charge in [0.25, 0.3) is 11.1 Å². The molecular formula is C20H25N3O4S. The number of carbonyl (C=O) groups is 1. The van der Waals surface area contributed by atoms with Gasteiger partial charge in [-0.1, -0.05) is 17.8 Å². The van der Waals surface area contributed by atoms with E-state index in [1.807, 2.05) is 11.8 Å². The van der Waals surface area contributed by atoms with Gasteiger partial charge in [0.1, 0.15) is 11.5 Å². The van der Waals surface area contributed by atoms with Crippen LogP contribution in [0.15, 0.2) is 39.6 Å². The summed E-state index contributed by atoms with van der Waals surface area (Å²) in [6, 6.07) is 5.36. The zero-order chi connectivity index (χ0) is 19.9. The first-order valence-electron chi connectivity index (χ1n) is 9.34. The molecule has 0 aliphatic heterocycles. The minimum atomic E-state index is 0.0578. The molecule has 1 aromatic heterocycles. The van der Waals surface area contributed by atoms with Crippen LogP contribution in [0.3, 0.4) is 0 Å². The number of benzene rings is 1. The predicted molar refractivity (Wildman–Crippen MR) is 108 cm³/mol. The fraction of sp³-hybridized carbons (Fsp3) is 0.450. The normalized spacial score (nSPS) is 13.8. The predicted octanol–water partition coefficient (Wildman–Crippen LogP) is 4.15. The SMILES string of the molecule is CCN(C(=O)CSc1nnc(-c2ccc(OC)cc2OC)o1)C1=CCCCC1. The Morgan fingerprint density at radius 2 is 2.11 bits per heavy atom. The lowest BCUT2D eigenvalue weighted by molar-refractivity contribution is -0.126. The monoisotopic (exact) mass is 403 g/mol. The number of ether oxygens (including phenoxy) is 2. The molecule has 0 bridgehead atoms. The summed E-state index contributed by atoms with van der Waals surface area (Å²) >= 11 is 1.25. The number of thioether (sulfide) groups is 1. The van der Waals surface area contributed by atoms with Gasteiger partial charge in [-0.2, -0.15) is 0 Å². The zero-order valence-corrected chi connectivity index (χ0v) is 17.3. The summed E-state index contributed by atoms with van der Waals surface area (Å²) in [5.74, 6) is 1.92. The third-order valence-corrected chi connectivity index (χ3v) is 5.40. The number of hydrogen-bond acceptors (Lipinski definition) is 7. The molecule has 1 aromatic carbocycles. The third-order valence-electron chi connectivity index (χ3n) is 4.60. The molecule has 0 unspecified atom stereocenters. The lowest BCUT2D eigenvalue weighted by atomic mass is 10.0. The van der Waals surface area contributed by atoms with Crippen molar-refractivity contribution in [1.29, 1.82) is 0 Å². The third kappa shape index (κ3) is 4.67. The maximum absolute atomic E-state index is 12.6. The molecule has 0 fully saturated rings. The molecule has 1 amide bonds. The fourth-order valence-electron chi connectivity index (χ4n) is 3.16. The van der Waals surface area contributed by atoms with Crippen LogP contribution in [0.4, 0.5) is 0 Å². The van der Waals surface area contributed by atoms with Crippen LogP contribution in [0.1, 0.15) is 32.6 Å². The van der Waals surface area contributed by atoms with Gasteiger partial charge in [-0.3, -0.25) is 4.79 Å². The number of carbonyl (C=O) groups excluding carboxylic acids is 1. The largest absolute Gasteiger partial charge is 0.497 e. The fourth-order valence-corrected chi connectivity index (χ4v) is 3.80. The molecule has 3 rings (SSSR count). The first-order valence-corrected chi connectivity index (χ1v) is 10.3. The van der Waals surface area contributed by atoms with Crippen LogP contribution in [0.5, 0.6) is 11.5 Å². The summed E-state index contributed by atoms with van der Waals surface area (Å²) in [6.45, 7) is 2.67.